The topological polar surface area (TPSA) is 140 Å². The van der Waals surface area contributed by atoms with Gasteiger partial charge < -0.3 is 26.3 Å². The Morgan fingerprint density at radius 3 is 2.39 bits per heavy atom. The summed E-state index contributed by atoms with van der Waals surface area (Å²) in [6.45, 7) is 7.29. The lowest BCUT2D eigenvalue weighted by atomic mass is 9.63. The Bertz CT molecular complexity index is 871. The molecule has 2 rings (SSSR count). The van der Waals surface area contributed by atoms with Crippen LogP contribution in [0.3, 0.4) is 0 Å². The molecule has 1 saturated carbocycles. The first-order valence-corrected chi connectivity index (χ1v) is 12.8. The monoisotopic (exact) mass is 520 g/mol. The molecule has 0 saturated heterocycles. The van der Waals surface area contributed by atoms with Gasteiger partial charge in [-0.15, -0.1) is 0 Å². The van der Waals surface area contributed by atoms with Crippen molar-refractivity contribution in [1.29, 1.82) is 5.41 Å². The number of aliphatic hydroxyl groups is 1. The summed E-state index contributed by atoms with van der Waals surface area (Å²) in [5.41, 5.74) is 0.460. The molecule has 1 aromatic carbocycles. The fourth-order valence-electron chi connectivity index (χ4n) is 4.31. The Hall–Kier alpha value is -2.39. The minimum Gasteiger partial charge on any atom is -0.483 e. The molecule has 0 bridgehead atoms. The van der Waals surface area contributed by atoms with E-state index in [2.05, 4.69) is 10.6 Å². The summed E-state index contributed by atoms with van der Waals surface area (Å²) >= 11 is 5.98. The highest BCUT2D eigenvalue weighted by molar-refractivity contribution is 6.40. The van der Waals surface area contributed by atoms with Crippen LogP contribution in [0.4, 0.5) is 0 Å². The predicted molar refractivity (Wildman–Crippen MR) is 144 cm³/mol. The average Bonchev–Trinajstić information content (AvgIpc) is 2.77. The SMILES string of the molecule is CC([B]C(O)CC(=N)c1cccc(Cl)c1)NC(=O)C(NC(=O)CC1CCCCC1)C(C)(C)C.O=CO. The molecule has 0 aliphatic heterocycles. The molecular formula is C26H40BClN3O5. The lowest BCUT2D eigenvalue weighted by molar-refractivity contribution is -0.132. The van der Waals surface area contributed by atoms with Crippen molar-refractivity contribution in [3.63, 3.8) is 0 Å². The van der Waals surface area contributed by atoms with Crippen LogP contribution in [0.5, 0.6) is 0 Å². The molecule has 1 aromatic rings. The zero-order valence-corrected chi connectivity index (χ0v) is 22.5. The lowest BCUT2D eigenvalue weighted by Crippen LogP contribution is -2.56. The van der Waals surface area contributed by atoms with Crippen LogP contribution in [0.2, 0.25) is 5.02 Å². The van der Waals surface area contributed by atoms with Gasteiger partial charge in [0.25, 0.3) is 6.47 Å². The van der Waals surface area contributed by atoms with Crippen LogP contribution >= 0.6 is 11.6 Å². The second-order valence-electron chi connectivity index (χ2n) is 10.4. The third-order valence-electron chi connectivity index (χ3n) is 6.10. The Labute approximate surface area is 220 Å². The number of amides is 2. The molecule has 3 atom stereocenters. The number of nitrogens with one attached hydrogen (secondary N) is 3. The average molecular weight is 521 g/mol. The Morgan fingerprint density at radius 1 is 1.22 bits per heavy atom. The highest BCUT2D eigenvalue weighted by atomic mass is 35.5. The van der Waals surface area contributed by atoms with Crippen LogP contribution in [0.15, 0.2) is 24.3 Å². The largest absolute Gasteiger partial charge is 0.483 e. The summed E-state index contributed by atoms with van der Waals surface area (Å²) in [4.78, 5) is 34.0. The molecule has 1 radical (unpaired) electrons. The Kier molecular flexibility index (Phi) is 13.8. The highest BCUT2D eigenvalue weighted by Gasteiger charge is 2.34. The molecule has 3 unspecified atom stereocenters. The summed E-state index contributed by atoms with van der Waals surface area (Å²) < 4.78 is 0. The van der Waals surface area contributed by atoms with Gasteiger partial charge >= 0.3 is 0 Å². The first kappa shape index (κ1) is 31.6. The smallest absolute Gasteiger partial charge is 0.290 e. The Balaban J connectivity index is 0.00000205. The molecule has 1 aliphatic rings. The van der Waals surface area contributed by atoms with Gasteiger partial charge in [0.1, 0.15) is 6.04 Å². The molecule has 199 valence electrons. The summed E-state index contributed by atoms with van der Waals surface area (Å²) in [6.07, 6.45) is 6.32. The first-order valence-electron chi connectivity index (χ1n) is 12.4. The number of hydrogen-bond donors (Lipinski definition) is 5. The lowest BCUT2D eigenvalue weighted by Gasteiger charge is -2.32. The number of rotatable bonds is 10. The molecular weight excluding hydrogens is 481 g/mol. The standard InChI is InChI=1S/C25H38BClN3O3.CH2O2/c1-16(26-21(31)15-20(28)18-11-8-12-19(27)14-18)29-24(33)23(25(2,3)4)30-22(32)13-17-9-6-5-7-10-17;2-1-3/h8,11-12,14,16-17,21,23,28,31H,5-7,9-10,13,15H2,1-4H3,(H,29,33)(H,30,32);1H,(H,2,3). The number of hydrogen-bond acceptors (Lipinski definition) is 5. The van der Waals surface area contributed by atoms with Crippen molar-refractivity contribution in [2.24, 2.45) is 11.3 Å². The zero-order valence-electron chi connectivity index (χ0n) is 21.7. The van der Waals surface area contributed by atoms with E-state index in [9.17, 15) is 14.7 Å². The van der Waals surface area contributed by atoms with E-state index in [0.29, 0.717) is 22.9 Å². The van der Waals surface area contributed by atoms with Crippen molar-refractivity contribution >= 4 is 42.9 Å². The fourth-order valence-corrected chi connectivity index (χ4v) is 4.50. The summed E-state index contributed by atoms with van der Waals surface area (Å²) in [7, 11) is 1.60. The summed E-state index contributed by atoms with van der Waals surface area (Å²) in [6, 6.07) is 5.38. The zero-order chi connectivity index (χ0) is 27.3. The second-order valence-corrected chi connectivity index (χ2v) is 10.9. The van der Waals surface area contributed by atoms with Crippen molar-refractivity contribution in [1.82, 2.24) is 10.6 Å². The quantitative estimate of drug-likeness (QED) is 0.181. The molecule has 0 aromatic heterocycles. The molecule has 10 heteroatoms. The number of benzene rings is 1. The fraction of sp³-hybridized carbons (Fsp3) is 0.615. The molecule has 5 N–H and O–H groups in total. The third kappa shape index (κ3) is 12.0. The summed E-state index contributed by atoms with van der Waals surface area (Å²) in [5, 5.41) is 31.9. The maximum Gasteiger partial charge on any atom is 0.290 e. The van der Waals surface area contributed by atoms with Gasteiger partial charge in [-0.1, -0.05) is 70.7 Å². The highest BCUT2D eigenvalue weighted by Crippen LogP contribution is 2.27. The van der Waals surface area contributed by atoms with Crippen molar-refractivity contribution in [2.45, 2.75) is 90.6 Å². The molecule has 36 heavy (non-hydrogen) atoms. The van der Waals surface area contributed by atoms with E-state index in [-0.39, 0.29) is 30.4 Å². The normalized spacial score (nSPS) is 16.4. The van der Waals surface area contributed by atoms with Crippen LogP contribution in [0.1, 0.15) is 78.2 Å². The number of carbonyl (C=O) groups is 3. The van der Waals surface area contributed by atoms with Gasteiger partial charge in [-0.05, 0) is 47.8 Å². The third-order valence-corrected chi connectivity index (χ3v) is 6.33. The van der Waals surface area contributed by atoms with Crippen LogP contribution in [-0.4, -0.2) is 59.5 Å². The number of aliphatic hydroxyl groups excluding tert-OH is 1. The van der Waals surface area contributed by atoms with Gasteiger partial charge in [-0.3, -0.25) is 14.4 Å². The number of carbonyl (C=O) groups excluding carboxylic acids is 2. The number of carboxylic acid groups (broad SMARTS) is 1. The molecule has 0 spiro atoms. The van der Waals surface area contributed by atoms with Gasteiger partial charge in [0.2, 0.25) is 11.8 Å². The van der Waals surface area contributed by atoms with E-state index in [0.717, 1.165) is 12.8 Å². The first-order chi connectivity index (χ1) is 16.9. The van der Waals surface area contributed by atoms with E-state index < -0.39 is 23.4 Å². The van der Waals surface area contributed by atoms with Crippen molar-refractivity contribution in [3.8, 4) is 0 Å². The van der Waals surface area contributed by atoms with Crippen LogP contribution in [-0.2, 0) is 14.4 Å². The van der Waals surface area contributed by atoms with Crippen molar-refractivity contribution < 1.29 is 24.6 Å². The number of halogens is 1. The molecule has 1 aliphatic carbocycles. The molecule has 8 nitrogen and oxygen atoms in total. The summed E-state index contributed by atoms with van der Waals surface area (Å²) in [5.74, 6) is -0.386. The predicted octanol–water partition coefficient (Wildman–Crippen LogP) is 3.78. The van der Waals surface area contributed by atoms with Crippen molar-refractivity contribution in [2.75, 3.05) is 0 Å². The maximum absolute atomic E-state index is 13.0. The van der Waals surface area contributed by atoms with E-state index in [1.807, 2.05) is 20.8 Å². The van der Waals surface area contributed by atoms with E-state index >= 15 is 0 Å². The van der Waals surface area contributed by atoms with E-state index in [4.69, 9.17) is 26.9 Å². The maximum atomic E-state index is 13.0. The second kappa shape index (κ2) is 15.7. The minimum absolute atomic E-state index is 0.0800. The van der Waals surface area contributed by atoms with E-state index in [1.54, 1.807) is 38.5 Å². The molecule has 2 amide bonds. The minimum atomic E-state index is -0.902. The van der Waals surface area contributed by atoms with Crippen LogP contribution in [0, 0.1) is 16.7 Å². The van der Waals surface area contributed by atoms with Gasteiger partial charge in [-0.2, -0.15) is 0 Å². The van der Waals surface area contributed by atoms with Gasteiger partial charge in [0, 0.05) is 29.6 Å². The van der Waals surface area contributed by atoms with Crippen molar-refractivity contribution in [3.05, 3.63) is 34.9 Å². The molecule has 0 heterocycles. The van der Waals surface area contributed by atoms with E-state index in [1.165, 1.54) is 19.3 Å². The Morgan fingerprint density at radius 2 is 1.83 bits per heavy atom. The molecule has 1 fully saturated rings. The van der Waals surface area contributed by atoms with Crippen LogP contribution < -0.4 is 10.6 Å². The van der Waals surface area contributed by atoms with Crippen LogP contribution in [0.25, 0.3) is 0 Å². The van der Waals surface area contributed by atoms with Gasteiger partial charge in [0.15, 0.2) is 7.28 Å². The van der Waals surface area contributed by atoms with Gasteiger partial charge in [-0.25, -0.2) is 0 Å². The van der Waals surface area contributed by atoms with Gasteiger partial charge in [0.05, 0.1) is 0 Å².